The van der Waals surface area contributed by atoms with Gasteiger partial charge in [0.2, 0.25) is 0 Å². The van der Waals surface area contributed by atoms with Crippen molar-refractivity contribution in [3.8, 4) is 11.5 Å². The van der Waals surface area contributed by atoms with Gasteiger partial charge in [0.15, 0.2) is 6.10 Å². The van der Waals surface area contributed by atoms with Gasteiger partial charge in [-0.2, -0.15) is 0 Å². The SMILES string of the molecule is c1ccc(C2Oc3cc4ccc3CC2O4)cc1. The van der Waals surface area contributed by atoms with Crippen molar-refractivity contribution in [3.63, 3.8) is 0 Å². The summed E-state index contributed by atoms with van der Waals surface area (Å²) in [5, 5.41) is 0. The highest BCUT2D eigenvalue weighted by atomic mass is 16.6. The van der Waals surface area contributed by atoms with Gasteiger partial charge in [0.25, 0.3) is 0 Å². The second-order valence-corrected chi connectivity index (χ2v) is 4.58. The summed E-state index contributed by atoms with van der Waals surface area (Å²) < 4.78 is 12.0. The first kappa shape index (κ1) is 9.11. The van der Waals surface area contributed by atoms with Gasteiger partial charge in [0.05, 0.1) is 0 Å². The minimum Gasteiger partial charge on any atom is -0.486 e. The van der Waals surface area contributed by atoms with Crippen molar-refractivity contribution in [3.05, 3.63) is 59.7 Å². The summed E-state index contributed by atoms with van der Waals surface area (Å²) in [7, 11) is 0. The molecule has 0 saturated heterocycles. The maximum atomic E-state index is 6.06. The third-order valence-corrected chi connectivity index (χ3v) is 3.47. The van der Waals surface area contributed by atoms with E-state index >= 15 is 0 Å². The minimum atomic E-state index is 0.0172. The zero-order chi connectivity index (χ0) is 11.2. The molecule has 84 valence electrons. The molecule has 2 aromatic rings. The molecule has 0 N–H and O–H groups in total. The van der Waals surface area contributed by atoms with E-state index in [2.05, 4.69) is 18.2 Å². The lowest BCUT2D eigenvalue weighted by Crippen LogP contribution is -2.32. The summed E-state index contributed by atoms with van der Waals surface area (Å²) in [6.45, 7) is 0. The Bertz CT molecular complexity index is 562. The van der Waals surface area contributed by atoms with Crippen LogP contribution in [0.5, 0.6) is 11.5 Å². The quantitative estimate of drug-likeness (QED) is 0.741. The maximum absolute atomic E-state index is 6.06. The summed E-state index contributed by atoms with van der Waals surface area (Å²) in [5.74, 6) is 1.90. The Kier molecular flexibility index (Phi) is 1.75. The number of ether oxygens (including phenoxy) is 2. The Morgan fingerprint density at radius 1 is 0.941 bits per heavy atom. The number of hydrogen-bond acceptors (Lipinski definition) is 2. The first-order valence-corrected chi connectivity index (χ1v) is 5.91. The van der Waals surface area contributed by atoms with Gasteiger partial charge >= 0.3 is 0 Å². The molecular formula is C15H12O2. The van der Waals surface area contributed by atoms with Crippen LogP contribution in [0.25, 0.3) is 0 Å². The Morgan fingerprint density at radius 2 is 1.82 bits per heavy atom. The van der Waals surface area contributed by atoms with Crippen LogP contribution in [0.1, 0.15) is 17.2 Å². The molecule has 2 heteroatoms. The molecule has 0 saturated carbocycles. The molecule has 2 aromatic carbocycles. The smallest absolute Gasteiger partial charge is 0.161 e. The number of hydrogen-bond donors (Lipinski definition) is 0. The molecule has 0 amide bonds. The fraction of sp³-hybridized carbons (Fsp3) is 0.200. The summed E-state index contributed by atoms with van der Waals surface area (Å²) in [6, 6.07) is 16.4. The molecule has 6 rings (SSSR count). The van der Waals surface area contributed by atoms with Crippen LogP contribution in [0, 0.1) is 0 Å². The number of benzene rings is 2. The van der Waals surface area contributed by atoms with Crippen molar-refractivity contribution in [2.75, 3.05) is 0 Å². The van der Waals surface area contributed by atoms with Crippen LogP contribution in [-0.4, -0.2) is 6.10 Å². The number of fused-ring (bicyclic) bond motifs is 2. The fourth-order valence-corrected chi connectivity index (χ4v) is 2.63. The van der Waals surface area contributed by atoms with Crippen molar-refractivity contribution in [1.29, 1.82) is 0 Å². The third-order valence-electron chi connectivity index (χ3n) is 3.47. The van der Waals surface area contributed by atoms with E-state index in [4.69, 9.17) is 9.47 Å². The lowest BCUT2D eigenvalue weighted by atomic mass is 9.96. The minimum absolute atomic E-state index is 0.0172. The molecule has 4 aliphatic rings. The second-order valence-electron chi connectivity index (χ2n) is 4.58. The van der Waals surface area contributed by atoms with Crippen LogP contribution < -0.4 is 9.47 Å². The Labute approximate surface area is 99.8 Å². The van der Waals surface area contributed by atoms with E-state index in [9.17, 15) is 0 Å². The Morgan fingerprint density at radius 3 is 2.71 bits per heavy atom. The van der Waals surface area contributed by atoms with Crippen LogP contribution in [0.2, 0.25) is 0 Å². The largest absolute Gasteiger partial charge is 0.486 e. The lowest BCUT2D eigenvalue weighted by molar-refractivity contribution is 0.0494. The van der Waals surface area contributed by atoms with Crippen molar-refractivity contribution in [1.82, 2.24) is 0 Å². The molecule has 17 heavy (non-hydrogen) atoms. The second kappa shape index (κ2) is 3.27. The molecule has 0 fully saturated rings. The molecule has 4 bridgehead atoms. The van der Waals surface area contributed by atoms with Crippen LogP contribution in [0.15, 0.2) is 48.5 Å². The zero-order valence-corrected chi connectivity index (χ0v) is 9.30. The molecule has 4 aliphatic heterocycles. The predicted octanol–water partition coefficient (Wildman–Crippen LogP) is 3.12. The van der Waals surface area contributed by atoms with Crippen molar-refractivity contribution < 1.29 is 9.47 Å². The predicted molar refractivity (Wildman–Crippen MR) is 64.4 cm³/mol. The zero-order valence-electron chi connectivity index (χ0n) is 9.30. The van der Waals surface area contributed by atoms with Gasteiger partial charge in [-0.25, -0.2) is 0 Å². The van der Waals surface area contributed by atoms with Gasteiger partial charge in [-0.05, 0) is 17.2 Å². The summed E-state index contributed by atoms with van der Waals surface area (Å²) in [5.41, 5.74) is 2.44. The van der Waals surface area contributed by atoms with E-state index in [1.807, 2.05) is 30.3 Å². The fourth-order valence-electron chi connectivity index (χ4n) is 2.63. The first-order chi connectivity index (χ1) is 8.40. The van der Waals surface area contributed by atoms with E-state index in [1.54, 1.807) is 0 Å². The van der Waals surface area contributed by atoms with Crippen LogP contribution >= 0.6 is 0 Å². The van der Waals surface area contributed by atoms with Gasteiger partial charge in [-0.15, -0.1) is 0 Å². The summed E-state index contributed by atoms with van der Waals surface area (Å²) in [4.78, 5) is 0. The van der Waals surface area contributed by atoms with Crippen molar-refractivity contribution in [2.45, 2.75) is 18.6 Å². The average molecular weight is 224 g/mol. The maximum Gasteiger partial charge on any atom is 0.161 e. The molecule has 0 aliphatic carbocycles. The lowest BCUT2D eigenvalue weighted by Gasteiger charge is -2.30. The van der Waals surface area contributed by atoms with E-state index in [0.717, 1.165) is 17.9 Å². The molecule has 2 unspecified atom stereocenters. The summed E-state index contributed by atoms with van der Waals surface area (Å²) in [6.07, 6.45) is 1.05. The Balaban J connectivity index is 1.79. The van der Waals surface area contributed by atoms with E-state index in [1.165, 1.54) is 11.1 Å². The highest BCUT2D eigenvalue weighted by Gasteiger charge is 2.35. The van der Waals surface area contributed by atoms with E-state index in [0.29, 0.717) is 0 Å². The number of rotatable bonds is 1. The van der Waals surface area contributed by atoms with E-state index in [-0.39, 0.29) is 12.2 Å². The van der Waals surface area contributed by atoms with Gasteiger partial charge in [-0.3, -0.25) is 0 Å². The van der Waals surface area contributed by atoms with Crippen molar-refractivity contribution in [2.24, 2.45) is 0 Å². The standard InChI is InChI=1S/C15H12O2/c1-2-4-10(5-3-1)15-14-8-11-6-7-12(16-14)9-13(11)17-15/h1-7,9,14-15H,8H2. The average Bonchev–Trinajstić information content (AvgIpc) is 2.74. The molecule has 0 radical (unpaired) electrons. The first-order valence-electron chi connectivity index (χ1n) is 5.91. The Hall–Kier alpha value is -1.96. The molecule has 2 nitrogen and oxygen atoms in total. The van der Waals surface area contributed by atoms with E-state index < -0.39 is 0 Å². The molecule has 0 spiro atoms. The van der Waals surface area contributed by atoms with Gasteiger partial charge in [0.1, 0.15) is 17.6 Å². The molecular weight excluding hydrogens is 212 g/mol. The van der Waals surface area contributed by atoms with Crippen LogP contribution in [0.4, 0.5) is 0 Å². The summed E-state index contributed by atoms with van der Waals surface area (Å²) >= 11 is 0. The molecule has 4 heterocycles. The highest BCUT2D eigenvalue weighted by Crippen LogP contribution is 2.42. The van der Waals surface area contributed by atoms with Gasteiger partial charge < -0.3 is 9.47 Å². The highest BCUT2D eigenvalue weighted by molar-refractivity contribution is 5.46. The van der Waals surface area contributed by atoms with Crippen LogP contribution in [-0.2, 0) is 6.42 Å². The van der Waals surface area contributed by atoms with Crippen molar-refractivity contribution >= 4 is 0 Å². The molecule has 0 aromatic heterocycles. The van der Waals surface area contributed by atoms with Gasteiger partial charge in [0, 0.05) is 12.5 Å². The monoisotopic (exact) mass is 224 g/mol. The molecule has 2 atom stereocenters. The topological polar surface area (TPSA) is 18.5 Å². The third kappa shape index (κ3) is 1.34. The van der Waals surface area contributed by atoms with Gasteiger partial charge in [-0.1, -0.05) is 36.4 Å². The normalized spacial score (nSPS) is 24.0. The van der Waals surface area contributed by atoms with Crippen LogP contribution in [0.3, 0.4) is 0 Å².